The topological polar surface area (TPSA) is 81.4 Å². The van der Waals surface area contributed by atoms with Crippen LogP contribution in [0, 0.1) is 0 Å². The highest BCUT2D eigenvalue weighted by molar-refractivity contribution is 6.31. The van der Waals surface area contributed by atoms with Crippen molar-refractivity contribution in [2.45, 2.75) is 6.42 Å². The number of rotatable bonds is 6. The van der Waals surface area contributed by atoms with Gasteiger partial charge in [0.05, 0.1) is 5.56 Å². The number of carbonyl (C=O) groups is 2. The highest BCUT2D eigenvalue weighted by Crippen LogP contribution is 2.20. The molecule has 0 unspecified atom stereocenters. The number of ether oxygens (including phenoxy) is 1. The van der Waals surface area contributed by atoms with Crippen LogP contribution in [0.2, 0.25) is 5.02 Å². The lowest BCUT2D eigenvalue weighted by atomic mass is 10.0. The van der Waals surface area contributed by atoms with Crippen molar-refractivity contribution in [2.75, 3.05) is 17.7 Å². The quantitative estimate of drug-likeness (QED) is 0.482. The Morgan fingerprint density at radius 3 is 2.46 bits per heavy atom. The molecule has 6 heteroatoms. The number of carbonyl (C=O) groups excluding carboxylic acids is 2. The maximum atomic E-state index is 12.3. The van der Waals surface area contributed by atoms with Crippen LogP contribution in [0.4, 0.5) is 11.4 Å². The molecular formula is C22H19ClN2O3. The molecule has 0 bridgehead atoms. The molecule has 0 heterocycles. The van der Waals surface area contributed by atoms with Gasteiger partial charge in [0.25, 0.3) is 5.91 Å². The predicted molar refractivity (Wildman–Crippen MR) is 110 cm³/mol. The largest absolute Gasteiger partial charge is 0.452 e. The third-order valence-corrected chi connectivity index (χ3v) is 4.33. The molecule has 1 amide bonds. The van der Waals surface area contributed by atoms with Crippen molar-refractivity contribution < 1.29 is 14.3 Å². The Balaban J connectivity index is 1.62. The van der Waals surface area contributed by atoms with E-state index in [0.717, 1.165) is 11.1 Å². The van der Waals surface area contributed by atoms with Crippen LogP contribution in [0.1, 0.15) is 21.5 Å². The van der Waals surface area contributed by atoms with Gasteiger partial charge < -0.3 is 15.8 Å². The van der Waals surface area contributed by atoms with Gasteiger partial charge in [-0.2, -0.15) is 0 Å². The molecule has 142 valence electrons. The van der Waals surface area contributed by atoms with Crippen LogP contribution in [-0.4, -0.2) is 18.5 Å². The Kier molecular flexibility index (Phi) is 6.29. The lowest BCUT2D eigenvalue weighted by Crippen LogP contribution is -2.22. The van der Waals surface area contributed by atoms with Crippen molar-refractivity contribution >= 4 is 34.9 Å². The first kappa shape index (κ1) is 19.5. The van der Waals surface area contributed by atoms with E-state index in [9.17, 15) is 9.59 Å². The van der Waals surface area contributed by atoms with E-state index in [-0.39, 0.29) is 11.3 Å². The maximum Gasteiger partial charge on any atom is 0.340 e. The molecule has 0 saturated carbocycles. The van der Waals surface area contributed by atoms with Crippen molar-refractivity contribution in [2.24, 2.45) is 0 Å². The fourth-order valence-electron chi connectivity index (χ4n) is 2.71. The first-order valence-electron chi connectivity index (χ1n) is 8.67. The van der Waals surface area contributed by atoms with Crippen LogP contribution in [0.3, 0.4) is 0 Å². The number of anilines is 2. The number of nitrogens with two attached hydrogens (primary N) is 1. The summed E-state index contributed by atoms with van der Waals surface area (Å²) in [5, 5.41) is 3.15. The molecule has 0 spiro atoms. The molecule has 0 aliphatic heterocycles. The molecule has 3 aromatic carbocycles. The number of nitrogens with one attached hydrogen (secondary N) is 1. The van der Waals surface area contributed by atoms with E-state index >= 15 is 0 Å². The predicted octanol–water partition coefficient (Wildman–Crippen LogP) is 4.31. The third-order valence-electron chi connectivity index (χ3n) is 4.10. The summed E-state index contributed by atoms with van der Waals surface area (Å²) < 4.78 is 5.07. The molecule has 0 fully saturated rings. The van der Waals surface area contributed by atoms with Gasteiger partial charge in [-0.1, -0.05) is 60.1 Å². The summed E-state index contributed by atoms with van der Waals surface area (Å²) in [5.41, 5.74) is 8.89. The molecule has 3 N–H and O–H groups in total. The Labute approximate surface area is 168 Å². The Hall–Kier alpha value is -3.31. The van der Waals surface area contributed by atoms with E-state index < -0.39 is 18.5 Å². The minimum Gasteiger partial charge on any atom is -0.452 e. The first-order valence-corrected chi connectivity index (χ1v) is 9.04. The summed E-state index contributed by atoms with van der Waals surface area (Å²) in [6, 6.07) is 21.9. The van der Waals surface area contributed by atoms with Crippen molar-refractivity contribution in [1.29, 1.82) is 0 Å². The third kappa shape index (κ3) is 5.11. The summed E-state index contributed by atoms with van der Waals surface area (Å²) in [7, 11) is 0. The number of hydrogen-bond donors (Lipinski definition) is 2. The Bertz CT molecular complexity index is 990. The average Bonchev–Trinajstić information content (AvgIpc) is 2.70. The average molecular weight is 395 g/mol. The second-order valence-electron chi connectivity index (χ2n) is 6.18. The van der Waals surface area contributed by atoms with E-state index in [1.54, 1.807) is 6.07 Å². The minimum absolute atomic E-state index is 0.129. The monoisotopic (exact) mass is 394 g/mol. The van der Waals surface area contributed by atoms with Gasteiger partial charge in [0.1, 0.15) is 0 Å². The normalized spacial score (nSPS) is 10.3. The standard InChI is InChI=1S/C22H19ClN2O3/c23-17-10-11-19(24)18(13-17)22(27)28-14-21(26)25-20-9-5-4-8-16(20)12-15-6-2-1-3-7-15/h1-11,13H,12,14,24H2,(H,25,26). The van der Waals surface area contributed by atoms with Crippen LogP contribution >= 0.6 is 11.6 Å². The lowest BCUT2D eigenvalue weighted by Gasteiger charge is -2.12. The smallest absolute Gasteiger partial charge is 0.340 e. The molecule has 0 aliphatic rings. The van der Waals surface area contributed by atoms with Gasteiger partial charge in [0, 0.05) is 16.4 Å². The van der Waals surface area contributed by atoms with Crippen LogP contribution in [-0.2, 0) is 16.0 Å². The zero-order valence-electron chi connectivity index (χ0n) is 15.0. The minimum atomic E-state index is -0.701. The molecule has 0 radical (unpaired) electrons. The van der Waals surface area contributed by atoms with Crippen LogP contribution in [0.5, 0.6) is 0 Å². The molecule has 0 aromatic heterocycles. The van der Waals surface area contributed by atoms with E-state index in [0.29, 0.717) is 17.1 Å². The van der Waals surface area contributed by atoms with Gasteiger partial charge in [-0.25, -0.2) is 4.79 Å². The van der Waals surface area contributed by atoms with Gasteiger partial charge in [-0.15, -0.1) is 0 Å². The van der Waals surface area contributed by atoms with E-state index in [2.05, 4.69) is 5.32 Å². The summed E-state index contributed by atoms with van der Waals surface area (Å²) >= 11 is 5.87. The van der Waals surface area contributed by atoms with Gasteiger partial charge in [0.2, 0.25) is 0 Å². The SMILES string of the molecule is Nc1ccc(Cl)cc1C(=O)OCC(=O)Nc1ccccc1Cc1ccccc1. The van der Waals surface area contributed by atoms with Gasteiger partial charge in [-0.3, -0.25) is 4.79 Å². The highest BCUT2D eigenvalue weighted by Gasteiger charge is 2.15. The number of esters is 1. The summed E-state index contributed by atoms with van der Waals surface area (Å²) in [6.45, 7) is -0.426. The van der Waals surface area contributed by atoms with Crippen LogP contribution < -0.4 is 11.1 Å². The van der Waals surface area contributed by atoms with E-state index in [1.165, 1.54) is 12.1 Å². The highest BCUT2D eigenvalue weighted by atomic mass is 35.5. The first-order chi connectivity index (χ1) is 13.5. The number of para-hydroxylation sites is 1. The number of amides is 1. The molecule has 0 saturated heterocycles. The fraction of sp³-hybridized carbons (Fsp3) is 0.0909. The van der Waals surface area contributed by atoms with Crippen molar-refractivity contribution in [3.63, 3.8) is 0 Å². The zero-order valence-corrected chi connectivity index (χ0v) is 15.8. The second kappa shape index (κ2) is 9.06. The second-order valence-corrected chi connectivity index (χ2v) is 6.61. The number of nitrogen functional groups attached to an aromatic ring is 1. The van der Waals surface area contributed by atoms with Crippen molar-refractivity contribution in [1.82, 2.24) is 0 Å². The van der Waals surface area contributed by atoms with Gasteiger partial charge in [-0.05, 0) is 41.8 Å². The molecule has 3 aromatic rings. The van der Waals surface area contributed by atoms with E-state index in [4.69, 9.17) is 22.1 Å². The molecule has 0 atom stereocenters. The lowest BCUT2D eigenvalue weighted by molar-refractivity contribution is -0.119. The number of halogens is 1. The number of hydrogen-bond acceptors (Lipinski definition) is 4. The van der Waals surface area contributed by atoms with Crippen molar-refractivity contribution in [3.05, 3.63) is 94.5 Å². The molecule has 0 aliphatic carbocycles. The van der Waals surface area contributed by atoms with Crippen molar-refractivity contribution in [3.8, 4) is 0 Å². The maximum absolute atomic E-state index is 12.3. The van der Waals surface area contributed by atoms with Crippen LogP contribution in [0.25, 0.3) is 0 Å². The van der Waals surface area contributed by atoms with Crippen LogP contribution in [0.15, 0.2) is 72.8 Å². The summed E-state index contributed by atoms with van der Waals surface area (Å²) in [4.78, 5) is 24.4. The molecular weight excluding hydrogens is 376 g/mol. The molecule has 28 heavy (non-hydrogen) atoms. The van der Waals surface area contributed by atoms with Gasteiger partial charge >= 0.3 is 5.97 Å². The summed E-state index contributed by atoms with van der Waals surface area (Å²) in [5.74, 6) is -1.14. The Morgan fingerprint density at radius 2 is 1.68 bits per heavy atom. The molecule has 5 nitrogen and oxygen atoms in total. The zero-order chi connectivity index (χ0) is 19.9. The van der Waals surface area contributed by atoms with E-state index in [1.807, 2.05) is 54.6 Å². The fourth-order valence-corrected chi connectivity index (χ4v) is 2.88. The summed E-state index contributed by atoms with van der Waals surface area (Å²) in [6.07, 6.45) is 0.677. The number of benzene rings is 3. The Morgan fingerprint density at radius 1 is 0.964 bits per heavy atom. The van der Waals surface area contributed by atoms with Gasteiger partial charge in [0.15, 0.2) is 6.61 Å². The molecule has 3 rings (SSSR count).